The van der Waals surface area contributed by atoms with Crippen molar-refractivity contribution >= 4 is 28.2 Å². The Morgan fingerprint density at radius 1 is 1.00 bits per heavy atom. The number of carbonyl (C=O) groups excluding carboxylic acids is 2. The molecular weight excluding hydrogens is 488 g/mol. The van der Waals surface area contributed by atoms with E-state index in [9.17, 15) is 9.59 Å². The second-order valence-corrected chi connectivity index (χ2v) is 11.7. The van der Waals surface area contributed by atoms with Crippen molar-refractivity contribution in [3.05, 3.63) is 69.6 Å². The van der Waals surface area contributed by atoms with E-state index in [1.165, 1.54) is 17.6 Å². The third kappa shape index (κ3) is 4.90. The second kappa shape index (κ2) is 9.74. The summed E-state index contributed by atoms with van der Waals surface area (Å²) in [6, 6.07) is 12.0. The van der Waals surface area contributed by atoms with Crippen LogP contribution in [-0.2, 0) is 12.8 Å². The summed E-state index contributed by atoms with van der Waals surface area (Å²) in [4.78, 5) is 27.2. The molecule has 0 saturated heterocycles. The summed E-state index contributed by atoms with van der Waals surface area (Å²) in [5.74, 6) is 1.41. The minimum Gasteiger partial charge on any atom is -0.497 e. The number of hydrogen-bond acceptors (Lipinski definition) is 7. The average molecular weight is 521 g/mol. The molecule has 1 aliphatic carbocycles. The highest BCUT2D eigenvalue weighted by Gasteiger charge is 2.36. The van der Waals surface area contributed by atoms with E-state index in [1.807, 2.05) is 6.07 Å². The first-order valence-electron chi connectivity index (χ1n) is 12.4. The highest BCUT2D eigenvalue weighted by molar-refractivity contribution is 7.16. The highest BCUT2D eigenvalue weighted by Crippen LogP contribution is 2.46. The summed E-state index contributed by atoms with van der Waals surface area (Å²) in [7, 11) is 3.09. The fraction of sp³-hybridized carbons (Fsp3) is 0.379. The maximum Gasteiger partial charge on any atom is 0.343 e. The van der Waals surface area contributed by atoms with Gasteiger partial charge in [0.1, 0.15) is 16.9 Å². The molecule has 0 spiro atoms. The lowest BCUT2D eigenvalue weighted by molar-refractivity contribution is 0.0729. The molecule has 0 saturated carbocycles. The Morgan fingerprint density at radius 2 is 1.76 bits per heavy atom. The summed E-state index contributed by atoms with van der Waals surface area (Å²) < 4.78 is 16.3. The number of amides is 1. The zero-order valence-electron chi connectivity index (χ0n) is 21.8. The quantitative estimate of drug-likeness (QED) is 0.318. The van der Waals surface area contributed by atoms with Crippen molar-refractivity contribution in [1.29, 1.82) is 0 Å². The molecule has 37 heavy (non-hydrogen) atoms. The van der Waals surface area contributed by atoms with Crippen LogP contribution in [0, 0.1) is 11.3 Å². The molecule has 8 heteroatoms. The molecule has 7 nitrogen and oxygen atoms in total. The summed E-state index contributed by atoms with van der Waals surface area (Å²) in [5, 5.41) is 7.53. The van der Waals surface area contributed by atoms with Crippen molar-refractivity contribution in [2.45, 2.75) is 46.2 Å². The maximum atomic E-state index is 13.2. The molecule has 2 heterocycles. The van der Waals surface area contributed by atoms with Gasteiger partial charge in [-0.2, -0.15) is 0 Å². The number of hydrogen-bond donors (Lipinski definition) is 2. The Morgan fingerprint density at radius 3 is 2.43 bits per heavy atom. The predicted molar refractivity (Wildman–Crippen MR) is 144 cm³/mol. The Bertz CT molecular complexity index is 1340. The van der Waals surface area contributed by atoms with Gasteiger partial charge in [-0.3, -0.25) is 4.79 Å². The van der Waals surface area contributed by atoms with Gasteiger partial charge < -0.3 is 24.8 Å². The maximum absolute atomic E-state index is 13.2. The molecular formula is C29H32N2O5S. The van der Waals surface area contributed by atoms with E-state index in [1.54, 1.807) is 54.8 Å². The van der Waals surface area contributed by atoms with Crippen LogP contribution >= 0.6 is 11.3 Å². The zero-order chi connectivity index (χ0) is 26.3. The lowest BCUT2D eigenvalue weighted by Crippen LogP contribution is -2.38. The number of rotatable bonds is 5. The third-order valence-corrected chi connectivity index (χ3v) is 8.50. The minimum atomic E-state index is -0.500. The predicted octanol–water partition coefficient (Wildman–Crippen LogP) is 5.99. The first kappa shape index (κ1) is 25.1. The van der Waals surface area contributed by atoms with Crippen LogP contribution in [0.5, 0.6) is 17.2 Å². The first-order chi connectivity index (χ1) is 17.7. The lowest BCUT2D eigenvalue weighted by Gasteiger charge is -2.34. The fourth-order valence-corrected chi connectivity index (χ4v) is 6.39. The molecule has 1 aromatic heterocycles. The van der Waals surface area contributed by atoms with Crippen LogP contribution in [0.1, 0.15) is 70.1 Å². The van der Waals surface area contributed by atoms with Gasteiger partial charge in [0.2, 0.25) is 0 Å². The molecule has 0 bridgehead atoms. The molecule has 1 amide bonds. The SMILES string of the molecule is COc1ccc(C(=O)Oc2ccc([C@H]3NC(=O)c4c(sc5c4CC[C@H](C(C)(C)C)C5)N3)cc2OC)cc1. The van der Waals surface area contributed by atoms with E-state index in [-0.39, 0.29) is 11.3 Å². The third-order valence-electron chi connectivity index (χ3n) is 7.32. The van der Waals surface area contributed by atoms with Gasteiger partial charge in [-0.15, -0.1) is 11.3 Å². The molecule has 194 valence electrons. The largest absolute Gasteiger partial charge is 0.497 e. The van der Waals surface area contributed by atoms with Crippen molar-refractivity contribution in [1.82, 2.24) is 5.32 Å². The molecule has 0 unspecified atom stereocenters. The van der Waals surface area contributed by atoms with E-state index < -0.39 is 12.1 Å². The number of thiophene rings is 1. The summed E-state index contributed by atoms with van der Waals surface area (Å²) in [6.45, 7) is 6.88. The normalized spacial score (nSPS) is 18.7. The summed E-state index contributed by atoms with van der Waals surface area (Å²) in [6.07, 6.45) is 2.63. The van der Waals surface area contributed by atoms with Gasteiger partial charge in [0.15, 0.2) is 11.5 Å². The molecule has 0 fully saturated rings. The Hall–Kier alpha value is -3.52. The topological polar surface area (TPSA) is 85.9 Å². The summed E-state index contributed by atoms with van der Waals surface area (Å²) >= 11 is 1.70. The number of ether oxygens (including phenoxy) is 3. The molecule has 3 aromatic rings. The average Bonchev–Trinajstić information content (AvgIpc) is 3.26. The van der Waals surface area contributed by atoms with Crippen molar-refractivity contribution in [2.24, 2.45) is 11.3 Å². The van der Waals surface area contributed by atoms with Crippen LogP contribution in [0.4, 0.5) is 5.00 Å². The van der Waals surface area contributed by atoms with Gasteiger partial charge in [-0.25, -0.2) is 4.79 Å². The molecule has 2 atom stereocenters. The number of anilines is 1. The van der Waals surface area contributed by atoms with Crippen molar-refractivity contribution in [3.63, 3.8) is 0 Å². The standard InChI is InChI=1S/C29H32N2O5S/c1-29(2,3)18-9-12-20-23(15-18)37-27-24(20)26(32)30-25(31-27)17-8-13-21(22(14-17)35-5)36-28(33)16-6-10-19(34-4)11-7-16/h6-8,10-11,13-14,18,25,31H,9,12,15H2,1-5H3,(H,30,32)/t18-,25-/m0/s1. The van der Waals surface area contributed by atoms with Gasteiger partial charge in [0, 0.05) is 4.88 Å². The van der Waals surface area contributed by atoms with Gasteiger partial charge in [0.25, 0.3) is 5.91 Å². The van der Waals surface area contributed by atoms with Crippen LogP contribution in [0.2, 0.25) is 0 Å². The molecule has 2 aliphatic rings. The number of nitrogens with one attached hydrogen (secondary N) is 2. The monoisotopic (exact) mass is 520 g/mol. The molecule has 0 radical (unpaired) electrons. The molecule has 1 aliphatic heterocycles. The first-order valence-corrected chi connectivity index (χ1v) is 13.3. The van der Waals surface area contributed by atoms with E-state index in [0.29, 0.717) is 28.7 Å². The number of benzene rings is 2. The number of fused-ring (bicyclic) bond motifs is 3. The van der Waals surface area contributed by atoms with Crippen LogP contribution < -0.4 is 24.8 Å². The molecule has 5 rings (SSSR count). The lowest BCUT2D eigenvalue weighted by atomic mass is 9.72. The van der Waals surface area contributed by atoms with Crippen LogP contribution in [0.3, 0.4) is 0 Å². The number of esters is 1. The van der Waals surface area contributed by atoms with Crippen LogP contribution in [-0.4, -0.2) is 26.1 Å². The Balaban J connectivity index is 1.35. The number of carbonyl (C=O) groups is 2. The minimum absolute atomic E-state index is 0.0561. The van der Waals surface area contributed by atoms with Crippen LogP contribution in [0.25, 0.3) is 0 Å². The zero-order valence-corrected chi connectivity index (χ0v) is 22.6. The van der Waals surface area contributed by atoms with E-state index >= 15 is 0 Å². The highest BCUT2D eigenvalue weighted by atomic mass is 32.1. The second-order valence-electron chi connectivity index (χ2n) is 10.6. The Kier molecular flexibility index (Phi) is 6.62. The van der Waals surface area contributed by atoms with E-state index in [4.69, 9.17) is 14.2 Å². The van der Waals surface area contributed by atoms with Gasteiger partial charge in [-0.05, 0) is 78.1 Å². The molecule has 2 N–H and O–H groups in total. The Labute approximate surface area is 221 Å². The van der Waals surface area contributed by atoms with Crippen LogP contribution in [0.15, 0.2) is 42.5 Å². The van der Waals surface area contributed by atoms with Gasteiger partial charge in [-0.1, -0.05) is 26.8 Å². The molecule has 2 aromatic carbocycles. The van der Waals surface area contributed by atoms with Crippen molar-refractivity contribution < 1.29 is 23.8 Å². The van der Waals surface area contributed by atoms with Gasteiger partial charge in [0.05, 0.1) is 25.3 Å². The van der Waals surface area contributed by atoms with E-state index in [2.05, 4.69) is 31.4 Å². The van der Waals surface area contributed by atoms with E-state index in [0.717, 1.165) is 35.4 Å². The fourth-order valence-electron chi connectivity index (χ4n) is 5.04. The van der Waals surface area contributed by atoms with Crippen molar-refractivity contribution in [2.75, 3.05) is 19.5 Å². The smallest absolute Gasteiger partial charge is 0.343 e. The van der Waals surface area contributed by atoms with Gasteiger partial charge >= 0.3 is 5.97 Å². The number of methoxy groups -OCH3 is 2. The summed E-state index contributed by atoms with van der Waals surface area (Å²) in [5.41, 5.74) is 3.44. The van der Waals surface area contributed by atoms with Crippen molar-refractivity contribution in [3.8, 4) is 17.2 Å².